The predicted octanol–water partition coefficient (Wildman–Crippen LogP) is 2.49. The first-order valence-electron chi connectivity index (χ1n) is 9.55. The fourth-order valence-corrected chi connectivity index (χ4v) is 3.25. The van der Waals surface area contributed by atoms with Gasteiger partial charge in [0.25, 0.3) is 5.75 Å². The standard InChI is InChI=1S/C21H20F2N6O2/c1-15-2-5-18(6-3-15)31-10-17-9-28(27-26-17)11-21(30,12-29-14-24-13-25-29)19-7-4-16(22)8-20(19)23/h2-9,13-14,30H,10-12H2,1H3/p+1. The van der Waals surface area contributed by atoms with E-state index in [1.54, 1.807) is 6.20 Å². The van der Waals surface area contributed by atoms with Crippen molar-refractivity contribution in [2.24, 2.45) is 0 Å². The molecule has 0 saturated carbocycles. The van der Waals surface area contributed by atoms with Gasteiger partial charge in [0.2, 0.25) is 6.61 Å². The van der Waals surface area contributed by atoms with Crippen LogP contribution >= 0.6 is 0 Å². The number of aryl methyl sites for hydroxylation is 1. The third-order valence-electron chi connectivity index (χ3n) is 4.79. The van der Waals surface area contributed by atoms with Crippen molar-refractivity contribution >= 4 is 0 Å². The van der Waals surface area contributed by atoms with E-state index in [4.69, 9.17) is 0 Å². The number of hydrogen-bond acceptors (Lipinski definition) is 5. The Morgan fingerprint density at radius 2 is 1.84 bits per heavy atom. The fraction of sp³-hybridized carbons (Fsp3) is 0.238. The molecule has 2 heterocycles. The zero-order chi connectivity index (χ0) is 21.8. The number of benzene rings is 2. The first kappa shape index (κ1) is 20.6. The molecule has 2 aromatic heterocycles. The van der Waals surface area contributed by atoms with Crippen LogP contribution in [0, 0.1) is 18.6 Å². The van der Waals surface area contributed by atoms with Crippen LogP contribution in [0.3, 0.4) is 0 Å². The van der Waals surface area contributed by atoms with Crippen LogP contribution in [-0.2, 0) is 25.3 Å². The lowest BCUT2D eigenvalue weighted by Crippen LogP contribution is -2.37. The third-order valence-corrected chi connectivity index (χ3v) is 4.79. The summed E-state index contributed by atoms with van der Waals surface area (Å²) in [4.78, 5) is 3.85. The summed E-state index contributed by atoms with van der Waals surface area (Å²) >= 11 is 0. The molecule has 0 aliphatic carbocycles. The molecule has 8 nitrogen and oxygen atoms in total. The number of halogens is 2. The van der Waals surface area contributed by atoms with Gasteiger partial charge in [-0.25, -0.2) is 23.1 Å². The van der Waals surface area contributed by atoms with Gasteiger partial charge in [0.15, 0.2) is 5.69 Å². The van der Waals surface area contributed by atoms with E-state index in [1.165, 1.54) is 28.1 Å². The summed E-state index contributed by atoms with van der Waals surface area (Å²) in [5.41, 5.74) is -0.122. The van der Waals surface area contributed by atoms with E-state index < -0.39 is 17.2 Å². The minimum Gasteiger partial charge on any atom is -0.578 e. The van der Waals surface area contributed by atoms with Gasteiger partial charge in [0, 0.05) is 23.8 Å². The molecule has 0 saturated heterocycles. The summed E-state index contributed by atoms with van der Waals surface area (Å²) in [6.07, 6.45) is 4.34. The molecule has 0 fully saturated rings. The number of hydrogen-bond donors (Lipinski definition) is 1. The molecule has 0 aliphatic heterocycles. The molecule has 1 unspecified atom stereocenters. The third kappa shape index (κ3) is 4.92. The molecular weight excluding hydrogens is 406 g/mol. The second kappa shape index (κ2) is 8.60. The Labute approximate surface area is 176 Å². The Morgan fingerprint density at radius 1 is 1.06 bits per heavy atom. The maximum Gasteiger partial charge on any atom is 0.254 e. The number of rotatable bonds is 8. The van der Waals surface area contributed by atoms with Crippen LogP contribution in [0.5, 0.6) is 5.75 Å². The van der Waals surface area contributed by atoms with Crippen molar-refractivity contribution < 1.29 is 18.6 Å². The van der Waals surface area contributed by atoms with Crippen molar-refractivity contribution in [3.05, 3.63) is 89.8 Å². The van der Waals surface area contributed by atoms with Crippen LogP contribution in [0.1, 0.15) is 16.8 Å². The van der Waals surface area contributed by atoms with Crippen LogP contribution in [-0.4, -0.2) is 39.6 Å². The Hall–Kier alpha value is -3.66. The molecule has 4 rings (SSSR count). The second-order valence-corrected chi connectivity index (χ2v) is 7.31. The summed E-state index contributed by atoms with van der Waals surface area (Å²) < 4.78 is 35.2. The van der Waals surface area contributed by atoms with Crippen LogP contribution in [0.25, 0.3) is 0 Å². The minimum absolute atomic E-state index is 0.0780. The highest BCUT2D eigenvalue weighted by Gasteiger charge is 2.34. The van der Waals surface area contributed by atoms with Gasteiger partial charge >= 0.3 is 0 Å². The Kier molecular flexibility index (Phi) is 5.72. The number of ether oxygens (including phenoxy) is 1. The molecule has 0 aliphatic rings. The van der Waals surface area contributed by atoms with Crippen LogP contribution in [0.15, 0.2) is 61.3 Å². The van der Waals surface area contributed by atoms with Crippen molar-refractivity contribution in [1.82, 2.24) is 29.8 Å². The Morgan fingerprint density at radius 3 is 2.55 bits per heavy atom. The average molecular weight is 427 g/mol. The highest BCUT2D eigenvalue weighted by atomic mass is 19.1. The second-order valence-electron chi connectivity index (χ2n) is 7.31. The van der Waals surface area contributed by atoms with E-state index in [9.17, 15) is 13.9 Å². The van der Waals surface area contributed by atoms with Crippen molar-refractivity contribution in [2.75, 3.05) is 0 Å². The topological polar surface area (TPSA) is 94.5 Å². The molecule has 1 atom stereocenters. The van der Waals surface area contributed by atoms with Gasteiger partial charge < -0.3 is 9.84 Å². The molecule has 0 bridgehead atoms. The zero-order valence-electron chi connectivity index (χ0n) is 16.7. The van der Waals surface area contributed by atoms with Crippen molar-refractivity contribution in [1.29, 1.82) is 0 Å². The van der Waals surface area contributed by atoms with Crippen molar-refractivity contribution in [2.45, 2.75) is 32.2 Å². The first-order chi connectivity index (χ1) is 14.9. The molecular formula is C21H21F2N6O2+. The van der Waals surface area contributed by atoms with Gasteiger partial charge in [-0.05, 0) is 13.0 Å². The van der Waals surface area contributed by atoms with Crippen molar-refractivity contribution in [3.8, 4) is 5.75 Å². The van der Waals surface area contributed by atoms with E-state index >= 15 is 0 Å². The smallest absolute Gasteiger partial charge is 0.254 e. The van der Waals surface area contributed by atoms with Gasteiger partial charge in [-0.1, -0.05) is 29.0 Å². The maximum absolute atomic E-state index is 14.5. The maximum atomic E-state index is 14.5. The van der Waals surface area contributed by atoms with Crippen LogP contribution < -0.4 is 0 Å². The highest BCUT2D eigenvalue weighted by molar-refractivity contribution is 5.26. The molecule has 2 N–H and O–H groups in total. The van der Waals surface area contributed by atoms with Gasteiger partial charge in [-0.3, -0.25) is 0 Å². The Bertz CT molecular complexity index is 1150. The van der Waals surface area contributed by atoms with E-state index in [0.717, 1.165) is 23.4 Å². The molecule has 31 heavy (non-hydrogen) atoms. The lowest BCUT2D eigenvalue weighted by Gasteiger charge is -2.28. The van der Waals surface area contributed by atoms with E-state index in [0.29, 0.717) is 12.3 Å². The lowest BCUT2D eigenvalue weighted by molar-refractivity contribution is -0.00896. The van der Waals surface area contributed by atoms with Gasteiger partial charge in [-0.15, -0.1) is 5.10 Å². The number of aromatic hydroxyl groups is 1. The molecule has 4 aromatic rings. The summed E-state index contributed by atoms with van der Waals surface area (Å²) in [7, 11) is 0. The number of aromatic nitrogens is 6. The number of aliphatic hydroxyl groups is 2. The van der Waals surface area contributed by atoms with Gasteiger partial charge in [0.05, 0.1) is 19.3 Å². The monoisotopic (exact) mass is 427 g/mol. The van der Waals surface area contributed by atoms with E-state index in [1.807, 2.05) is 31.2 Å². The highest BCUT2D eigenvalue weighted by Crippen LogP contribution is 2.28. The largest absolute Gasteiger partial charge is 0.578 e. The molecule has 0 amide bonds. The molecule has 10 heteroatoms. The predicted molar refractivity (Wildman–Crippen MR) is 107 cm³/mol. The normalized spacial score (nSPS) is 13.2. The molecule has 0 spiro atoms. The molecule has 2 aromatic carbocycles. The minimum atomic E-state index is -1.77. The zero-order valence-corrected chi connectivity index (χ0v) is 16.7. The lowest BCUT2D eigenvalue weighted by atomic mass is 9.93. The van der Waals surface area contributed by atoms with Gasteiger partial charge in [0.1, 0.15) is 29.9 Å². The molecule has 160 valence electrons. The van der Waals surface area contributed by atoms with E-state index in [-0.39, 0.29) is 18.7 Å². The first-order valence-corrected chi connectivity index (χ1v) is 9.55. The SMILES string of the molecule is Cc1ccc([OH+]Cc2cn(CC(O)(Cn3cncn3)c3ccc(F)cc3F)nn2)cc1. The molecule has 0 radical (unpaired) electrons. The van der Waals surface area contributed by atoms with E-state index in [2.05, 4.69) is 25.1 Å². The summed E-state index contributed by atoms with van der Waals surface area (Å²) in [5, 5.41) is 23.5. The fourth-order valence-electron chi connectivity index (χ4n) is 3.25. The summed E-state index contributed by atoms with van der Waals surface area (Å²) in [6, 6.07) is 10.8. The summed E-state index contributed by atoms with van der Waals surface area (Å²) in [5.74, 6) is -0.779. The van der Waals surface area contributed by atoms with Crippen LogP contribution in [0.4, 0.5) is 8.78 Å². The van der Waals surface area contributed by atoms with Crippen LogP contribution in [0.2, 0.25) is 0 Å². The average Bonchev–Trinajstić information content (AvgIpc) is 3.39. The van der Waals surface area contributed by atoms with Crippen molar-refractivity contribution in [3.63, 3.8) is 0 Å². The summed E-state index contributed by atoms with van der Waals surface area (Å²) in [6.45, 7) is 2.06. The number of nitrogens with zero attached hydrogens (tertiary/aromatic N) is 6. The van der Waals surface area contributed by atoms with Gasteiger partial charge in [-0.2, -0.15) is 5.10 Å². The quantitative estimate of drug-likeness (QED) is 0.436. The Balaban J connectivity index is 1.53.